The summed E-state index contributed by atoms with van der Waals surface area (Å²) in [6, 6.07) is 2.05. The van der Waals surface area contributed by atoms with E-state index in [0.29, 0.717) is 0 Å². The smallest absolute Gasteiger partial charge is 0.0679 e. The van der Waals surface area contributed by atoms with Crippen LogP contribution >= 0.6 is 0 Å². The molecule has 1 aromatic heterocycles. The molecular formula is C10H17N3O. The number of rotatable bonds is 3. The molecule has 1 unspecified atom stereocenters. The number of aliphatic hydroxyl groups excluding tert-OH is 1. The number of aromatic nitrogens is 2. The molecule has 14 heavy (non-hydrogen) atoms. The van der Waals surface area contributed by atoms with Crippen molar-refractivity contribution in [2.24, 2.45) is 7.05 Å². The van der Waals surface area contributed by atoms with Gasteiger partial charge >= 0.3 is 0 Å². The second-order valence-corrected chi connectivity index (χ2v) is 3.94. The van der Waals surface area contributed by atoms with Gasteiger partial charge in [-0.3, -0.25) is 4.68 Å². The Labute approximate surface area is 84.1 Å². The molecule has 4 heteroatoms. The maximum Gasteiger partial charge on any atom is 0.0679 e. The Morgan fingerprint density at radius 1 is 1.64 bits per heavy atom. The lowest BCUT2D eigenvalue weighted by Crippen LogP contribution is -2.25. The summed E-state index contributed by atoms with van der Waals surface area (Å²) >= 11 is 0. The molecule has 1 N–H and O–H groups in total. The van der Waals surface area contributed by atoms with Crippen LogP contribution in [0.3, 0.4) is 0 Å². The summed E-state index contributed by atoms with van der Waals surface area (Å²) in [5, 5.41) is 13.5. The highest BCUT2D eigenvalue weighted by Crippen LogP contribution is 2.09. The highest BCUT2D eigenvalue weighted by atomic mass is 16.3. The molecule has 1 fully saturated rings. The van der Waals surface area contributed by atoms with Gasteiger partial charge in [0.2, 0.25) is 0 Å². The van der Waals surface area contributed by atoms with Crippen LogP contribution in [-0.2, 0) is 13.5 Å². The minimum absolute atomic E-state index is 0.110. The summed E-state index contributed by atoms with van der Waals surface area (Å²) in [4.78, 5) is 2.30. The van der Waals surface area contributed by atoms with Crippen molar-refractivity contribution in [2.45, 2.75) is 18.9 Å². The summed E-state index contributed by atoms with van der Waals surface area (Å²) in [5.74, 6) is 0. The van der Waals surface area contributed by atoms with Gasteiger partial charge in [0.25, 0.3) is 0 Å². The normalized spacial score (nSPS) is 23.1. The van der Waals surface area contributed by atoms with Crippen molar-refractivity contribution < 1.29 is 5.11 Å². The van der Waals surface area contributed by atoms with Crippen molar-refractivity contribution in [3.63, 3.8) is 0 Å². The Hall–Kier alpha value is -0.870. The number of β-amino-alcohol motifs (C(OH)–C–C–N with tert-alkyl or cyclic N) is 1. The second-order valence-electron chi connectivity index (χ2n) is 3.94. The van der Waals surface area contributed by atoms with Crippen molar-refractivity contribution >= 4 is 0 Å². The van der Waals surface area contributed by atoms with Gasteiger partial charge in [0.05, 0.1) is 6.10 Å². The Morgan fingerprint density at radius 3 is 3.07 bits per heavy atom. The molecule has 0 saturated carbocycles. The van der Waals surface area contributed by atoms with E-state index in [9.17, 15) is 5.11 Å². The summed E-state index contributed by atoms with van der Waals surface area (Å²) in [6.07, 6.45) is 3.66. The summed E-state index contributed by atoms with van der Waals surface area (Å²) < 4.78 is 1.91. The number of aryl methyl sites for hydroxylation is 1. The average Bonchev–Trinajstić information content (AvgIpc) is 2.72. The highest BCUT2D eigenvalue weighted by Gasteiger charge is 2.19. The molecule has 0 bridgehead atoms. The van der Waals surface area contributed by atoms with Crippen molar-refractivity contribution in [1.82, 2.24) is 14.7 Å². The molecule has 1 atom stereocenters. The first kappa shape index (κ1) is 9.68. The third-order valence-corrected chi connectivity index (χ3v) is 2.85. The van der Waals surface area contributed by atoms with Crippen LogP contribution in [0.1, 0.15) is 12.1 Å². The first-order valence-electron chi connectivity index (χ1n) is 5.13. The van der Waals surface area contributed by atoms with E-state index in [1.165, 1.54) is 5.69 Å². The monoisotopic (exact) mass is 195 g/mol. The molecule has 1 saturated heterocycles. The average molecular weight is 195 g/mol. The van der Waals surface area contributed by atoms with Gasteiger partial charge in [-0.25, -0.2) is 0 Å². The molecule has 1 aromatic rings. The molecule has 4 nitrogen and oxygen atoms in total. The fourth-order valence-corrected chi connectivity index (χ4v) is 1.93. The Balaban J connectivity index is 1.80. The van der Waals surface area contributed by atoms with Crippen LogP contribution in [0.25, 0.3) is 0 Å². The van der Waals surface area contributed by atoms with Crippen molar-refractivity contribution in [3.8, 4) is 0 Å². The van der Waals surface area contributed by atoms with Crippen LogP contribution in [-0.4, -0.2) is 45.5 Å². The van der Waals surface area contributed by atoms with Gasteiger partial charge in [0.1, 0.15) is 0 Å². The lowest BCUT2D eigenvalue weighted by atomic mass is 10.3. The maximum atomic E-state index is 9.35. The molecule has 0 amide bonds. The predicted molar refractivity (Wildman–Crippen MR) is 54.0 cm³/mol. The van der Waals surface area contributed by atoms with Gasteiger partial charge in [-0.15, -0.1) is 0 Å². The van der Waals surface area contributed by atoms with Crippen molar-refractivity contribution in [1.29, 1.82) is 0 Å². The third-order valence-electron chi connectivity index (χ3n) is 2.85. The van der Waals surface area contributed by atoms with Gasteiger partial charge in [-0.2, -0.15) is 5.10 Å². The highest BCUT2D eigenvalue weighted by molar-refractivity contribution is 5.00. The number of nitrogens with zero attached hydrogens (tertiary/aromatic N) is 3. The zero-order chi connectivity index (χ0) is 9.97. The zero-order valence-electron chi connectivity index (χ0n) is 8.56. The number of hydrogen-bond donors (Lipinski definition) is 1. The maximum absolute atomic E-state index is 9.35. The molecule has 0 aliphatic carbocycles. The molecule has 78 valence electrons. The van der Waals surface area contributed by atoms with Crippen molar-refractivity contribution in [3.05, 3.63) is 18.0 Å². The van der Waals surface area contributed by atoms with Crippen LogP contribution in [0.4, 0.5) is 0 Å². The summed E-state index contributed by atoms with van der Waals surface area (Å²) in [7, 11) is 1.97. The van der Waals surface area contributed by atoms with Crippen LogP contribution in [0.15, 0.2) is 12.3 Å². The molecule has 0 aromatic carbocycles. The number of hydrogen-bond acceptors (Lipinski definition) is 3. The van der Waals surface area contributed by atoms with Crippen molar-refractivity contribution in [2.75, 3.05) is 19.6 Å². The van der Waals surface area contributed by atoms with E-state index < -0.39 is 0 Å². The molecule has 2 heterocycles. The molecule has 1 aliphatic rings. The fraction of sp³-hybridized carbons (Fsp3) is 0.700. The standard InChI is InChI=1S/C10H17N3O/c1-12-9(2-5-11-12)3-6-13-7-4-10(14)8-13/h2,5,10,14H,3-4,6-8H2,1H3. The summed E-state index contributed by atoms with van der Waals surface area (Å²) in [6.45, 7) is 2.88. The van der Waals surface area contributed by atoms with Crippen LogP contribution < -0.4 is 0 Å². The lowest BCUT2D eigenvalue weighted by molar-refractivity contribution is 0.176. The molecule has 1 aliphatic heterocycles. The second kappa shape index (κ2) is 4.11. The van der Waals surface area contributed by atoms with Gasteiger partial charge in [-0.05, 0) is 12.5 Å². The van der Waals surface area contributed by atoms with E-state index in [-0.39, 0.29) is 6.10 Å². The Morgan fingerprint density at radius 2 is 2.50 bits per heavy atom. The lowest BCUT2D eigenvalue weighted by Gasteiger charge is -2.14. The first-order chi connectivity index (χ1) is 6.75. The van der Waals surface area contributed by atoms with E-state index in [2.05, 4.69) is 10.00 Å². The van der Waals surface area contributed by atoms with Crippen LogP contribution in [0.2, 0.25) is 0 Å². The number of likely N-dealkylation sites (tertiary alicyclic amines) is 1. The zero-order valence-corrected chi connectivity index (χ0v) is 8.56. The van der Waals surface area contributed by atoms with E-state index in [1.807, 2.05) is 24.0 Å². The molecular weight excluding hydrogens is 178 g/mol. The minimum atomic E-state index is -0.110. The first-order valence-corrected chi connectivity index (χ1v) is 5.13. The molecule has 2 rings (SSSR count). The molecule has 0 spiro atoms. The van der Waals surface area contributed by atoms with Gasteiger partial charge in [0.15, 0.2) is 0 Å². The predicted octanol–water partition coefficient (Wildman–Crippen LogP) is 0.0292. The fourth-order valence-electron chi connectivity index (χ4n) is 1.93. The quantitative estimate of drug-likeness (QED) is 0.740. The van der Waals surface area contributed by atoms with E-state index in [0.717, 1.165) is 32.5 Å². The van der Waals surface area contributed by atoms with Gasteiger partial charge in [0, 0.05) is 45.0 Å². The Bertz CT molecular complexity index is 297. The minimum Gasteiger partial charge on any atom is -0.392 e. The van der Waals surface area contributed by atoms with E-state index >= 15 is 0 Å². The van der Waals surface area contributed by atoms with Crippen LogP contribution in [0.5, 0.6) is 0 Å². The van der Waals surface area contributed by atoms with Gasteiger partial charge in [-0.1, -0.05) is 0 Å². The molecule has 0 radical (unpaired) electrons. The van der Waals surface area contributed by atoms with E-state index in [4.69, 9.17) is 0 Å². The third kappa shape index (κ3) is 2.13. The Kier molecular flexibility index (Phi) is 2.84. The van der Waals surface area contributed by atoms with Crippen LogP contribution in [0, 0.1) is 0 Å². The summed E-state index contributed by atoms with van der Waals surface area (Å²) in [5.41, 5.74) is 1.26. The SMILES string of the molecule is Cn1nccc1CCN1CCC(O)C1. The van der Waals surface area contributed by atoms with E-state index in [1.54, 1.807) is 0 Å². The number of aliphatic hydroxyl groups is 1. The van der Waals surface area contributed by atoms with Gasteiger partial charge < -0.3 is 10.0 Å². The topological polar surface area (TPSA) is 41.3 Å². The largest absolute Gasteiger partial charge is 0.392 e.